The van der Waals surface area contributed by atoms with Crippen molar-refractivity contribution in [2.75, 3.05) is 31.9 Å². The Morgan fingerprint density at radius 2 is 1.78 bits per heavy atom. The van der Waals surface area contributed by atoms with Gasteiger partial charge in [-0.1, -0.05) is 30.3 Å². The Morgan fingerprint density at radius 3 is 2.44 bits per heavy atom. The molecule has 0 spiro atoms. The summed E-state index contributed by atoms with van der Waals surface area (Å²) in [5.41, 5.74) is 0.479. The van der Waals surface area contributed by atoms with E-state index < -0.39 is 11.7 Å². The van der Waals surface area contributed by atoms with Gasteiger partial charge >= 0.3 is 6.18 Å². The molecule has 1 saturated heterocycles. The Morgan fingerprint density at radius 1 is 1.07 bits per heavy atom. The van der Waals surface area contributed by atoms with Gasteiger partial charge in [-0.2, -0.15) is 13.2 Å². The first-order chi connectivity index (χ1) is 12.9. The van der Waals surface area contributed by atoms with Crippen molar-refractivity contribution in [3.05, 3.63) is 59.9 Å². The number of alkyl halides is 3. The van der Waals surface area contributed by atoms with Crippen LogP contribution in [-0.2, 0) is 17.5 Å². The van der Waals surface area contributed by atoms with Gasteiger partial charge < -0.3 is 4.90 Å². The molecule has 2 heterocycles. The highest BCUT2D eigenvalue weighted by Crippen LogP contribution is 2.36. The fourth-order valence-corrected chi connectivity index (χ4v) is 3.89. The summed E-state index contributed by atoms with van der Waals surface area (Å²) in [6.45, 7) is 3.52. The summed E-state index contributed by atoms with van der Waals surface area (Å²) in [6, 6.07) is 11.1. The van der Waals surface area contributed by atoms with Crippen LogP contribution in [0.2, 0.25) is 0 Å². The van der Waals surface area contributed by atoms with Crippen molar-refractivity contribution in [1.82, 2.24) is 14.8 Å². The fourth-order valence-electron chi connectivity index (χ4n) is 2.96. The molecule has 0 N–H and O–H groups in total. The molecule has 0 bridgehead atoms. The Balaban J connectivity index is 1.49. The Hall–Kier alpha value is -2.06. The van der Waals surface area contributed by atoms with Crippen molar-refractivity contribution >= 4 is 17.7 Å². The number of hydrogen-bond acceptors (Lipinski definition) is 4. The molecule has 0 unspecified atom stereocenters. The molecule has 144 valence electrons. The molecule has 0 radical (unpaired) electrons. The maximum Gasteiger partial charge on any atom is 0.417 e. The van der Waals surface area contributed by atoms with Gasteiger partial charge in [0.25, 0.3) is 0 Å². The molecule has 4 nitrogen and oxygen atoms in total. The number of carbonyl (C=O) groups is 1. The number of thioether (sulfide) groups is 1. The third-order valence-corrected chi connectivity index (χ3v) is 5.44. The molecule has 1 amide bonds. The van der Waals surface area contributed by atoms with Crippen LogP contribution in [-0.4, -0.2) is 52.6 Å². The normalized spacial score (nSPS) is 15.7. The lowest BCUT2D eigenvalue weighted by Crippen LogP contribution is -2.48. The standard InChI is InChI=1S/C19H20F3N3OS/c20-19(21,22)16-6-7-23-12-17(16)27-14-18(26)25-10-8-24(9-11-25)13-15-4-2-1-3-5-15/h1-7,12H,8-11,13-14H2. The molecular weight excluding hydrogens is 375 g/mol. The summed E-state index contributed by atoms with van der Waals surface area (Å²) >= 11 is 0.892. The van der Waals surface area contributed by atoms with Crippen LogP contribution in [0.1, 0.15) is 11.1 Å². The zero-order chi connectivity index (χ0) is 19.3. The first-order valence-corrected chi connectivity index (χ1v) is 9.60. The molecular formula is C19H20F3N3OS. The van der Waals surface area contributed by atoms with Crippen LogP contribution in [0.5, 0.6) is 0 Å². The second kappa shape index (κ2) is 8.75. The average Bonchev–Trinajstić information content (AvgIpc) is 2.67. The largest absolute Gasteiger partial charge is 0.417 e. The molecule has 27 heavy (non-hydrogen) atoms. The summed E-state index contributed by atoms with van der Waals surface area (Å²) in [6.07, 6.45) is -2.17. The van der Waals surface area contributed by atoms with Crippen molar-refractivity contribution in [2.24, 2.45) is 0 Å². The SMILES string of the molecule is O=C(CSc1cnccc1C(F)(F)F)N1CCN(Cc2ccccc2)CC1. The molecule has 2 aromatic rings. The third-order valence-electron chi connectivity index (χ3n) is 4.42. The number of benzene rings is 1. The number of amides is 1. The predicted octanol–water partition coefficient (Wildman–Crippen LogP) is 3.54. The van der Waals surface area contributed by atoms with Crippen molar-refractivity contribution in [3.8, 4) is 0 Å². The van der Waals surface area contributed by atoms with Gasteiger partial charge in [-0.05, 0) is 11.6 Å². The minimum atomic E-state index is -4.45. The van der Waals surface area contributed by atoms with E-state index in [-0.39, 0.29) is 16.6 Å². The van der Waals surface area contributed by atoms with E-state index in [1.165, 1.54) is 11.8 Å². The maximum atomic E-state index is 13.0. The summed E-state index contributed by atoms with van der Waals surface area (Å²) in [7, 11) is 0. The molecule has 0 aliphatic carbocycles. The van der Waals surface area contributed by atoms with E-state index in [4.69, 9.17) is 0 Å². The van der Waals surface area contributed by atoms with E-state index in [0.717, 1.165) is 43.7 Å². The van der Waals surface area contributed by atoms with Crippen LogP contribution >= 0.6 is 11.8 Å². The number of halogens is 3. The van der Waals surface area contributed by atoms with Crippen LogP contribution in [0, 0.1) is 0 Å². The van der Waals surface area contributed by atoms with Gasteiger partial charge in [0.15, 0.2) is 0 Å². The summed E-state index contributed by atoms with van der Waals surface area (Å²) in [4.78, 5) is 20.1. The van der Waals surface area contributed by atoms with Crippen LogP contribution in [0.25, 0.3) is 0 Å². The molecule has 0 atom stereocenters. The number of pyridine rings is 1. The van der Waals surface area contributed by atoms with Gasteiger partial charge in [-0.25, -0.2) is 0 Å². The lowest BCUT2D eigenvalue weighted by Gasteiger charge is -2.34. The first kappa shape index (κ1) is 19.7. The lowest BCUT2D eigenvalue weighted by atomic mass is 10.2. The van der Waals surface area contributed by atoms with Crippen LogP contribution < -0.4 is 0 Å². The number of piperazine rings is 1. The van der Waals surface area contributed by atoms with E-state index in [1.807, 2.05) is 18.2 Å². The van der Waals surface area contributed by atoms with E-state index in [0.29, 0.717) is 13.1 Å². The zero-order valence-electron chi connectivity index (χ0n) is 14.7. The Labute approximate surface area is 160 Å². The van der Waals surface area contributed by atoms with E-state index in [9.17, 15) is 18.0 Å². The molecule has 8 heteroatoms. The lowest BCUT2D eigenvalue weighted by molar-refractivity contribution is -0.140. The minimum Gasteiger partial charge on any atom is -0.339 e. The summed E-state index contributed by atoms with van der Waals surface area (Å²) in [5, 5.41) is 0. The van der Waals surface area contributed by atoms with E-state index in [2.05, 4.69) is 22.0 Å². The zero-order valence-corrected chi connectivity index (χ0v) is 15.5. The average molecular weight is 395 g/mol. The van der Waals surface area contributed by atoms with Gasteiger partial charge in [0, 0.05) is 50.0 Å². The second-order valence-corrected chi connectivity index (χ2v) is 7.32. The second-order valence-electron chi connectivity index (χ2n) is 6.30. The Bertz CT molecular complexity index is 762. The molecule has 1 aliphatic rings. The van der Waals surface area contributed by atoms with Gasteiger partial charge in [0.05, 0.1) is 11.3 Å². The van der Waals surface area contributed by atoms with Crippen molar-refractivity contribution < 1.29 is 18.0 Å². The summed E-state index contributed by atoms with van der Waals surface area (Å²) < 4.78 is 39.0. The molecule has 1 fully saturated rings. The topological polar surface area (TPSA) is 36.4 Å². The number of rotatable bonds is 5. The predicted molar refractivity (Wildman–Crippen MR) is 98.3 cm³/mol. The molecule has 0 saturated carbocycles. The third kappa shape index (κ3) is 5.46. The quantitative estimate of drug-likeness (QED) is 0.726. The van der Waals surface area contributed by atoms with E-state index >= 15 is 0 Å². The van der Waals surface area contributed by atoms with Crippen molar-refractivity contribution in [2.45, 2.75) is 17.6 Å². The molecule has 1 aliphatic heterocycles. The highest BCUT2D eigenvalue weighted by molar-refractivity contribution is 8.00. The molecule has 3 rings (SSSR count). The number of carbonyl (C=O) groups excluding carboxylic acids is 1. The van der Waals surface area contributed by atoms with Gasteiger partial charge in [-0.3, -0.25) is 14.7 Å². The smallest absolute Gasteiger partial charge is 0.339 e. The highest BCUT2D eigenvalue weighted by Gasteiger charge is 2.33. The first-order valence-electron chi connectivity index (χ1n) is 8.61. The summed E-state index contributed by atoms with van der Waals surface area (Å²) in [5.74, 6) is -0.163. The fraction of sp³-hybridized carbons (Fsp3) is 0.368. The van der Waals surface area contributed by atoms with E-state index in [1.54, 1.807) is 4.90 Å². The van der Waals surface area contributed by atoms with Crippen molar-refractivity contribution in [3.63, 3.8) is 0 Å². The van der Waals surface area contributed by atoms with Crippen LogP contribution in [0.3, 0.4) is 0 Å². The van der Waals surface area contributed by atoms with Gasteiger partial charge in [0.2, 0.25) is 5.91 Å². The monoisotopic (exact) mass is 395 g/mol. The van der Waals surface area contributed by atoms with Crippen LogP contribution in [0.15, 0.2) is 53.7 Å². The minimum absolute atomic E-state index is 0.0129. The molecule has 1 aromatic carbocycles. The highest BCUT2D eigenvalue weighted by atomic mass is 32.2. The van der Waals surface area contributed by atoms with Gasteiger partial charge in [-0.15, -0.1) is 11.8 Å². The maximum absolute atomic E-state index is 13.0. The number of aromatic nitrogens is 1. The van der Waals surface area contributed by atoms with Gasteiger partial charge in [0.1, 0.15) is 0 Å². The number of hydrogen-bond donors (Lipinski definition) is 0. The number of nitrogens with zero attached hydrogens (tertiary/aromatic N) is 3. The van der Waals surface area contributed by atoms with Crippen LogP contribution in [0.4, 0.5) is 13.2 Å². The molecule has 1 aromatic heterocycles. The van der Waals surface area contributed by atoms with Crippen molar-refractivity contribution in [1.29, 1.82) is 0 Å². The Kier molecular flexibility index (Phi) is 6.38.